The molecule has 0 aromatic heterocycles. The molecule has 0 aliphatic carbocycles. The van der Waals surface area contributed by atoms with Crippen LogP contribution in [0.5, 0.6) is 0 Å². The predicted molar refractivity (Wildman–Crippen MR) is 72.3 cm³/mol. The van der Waals surface area contributed by atoms with Gasteiger partial charge in [0, 0.05) is 12.0 Å². The maximum absolute atomic E-state index is 11.1. The molecule has 0 aromatic rings. The number of hydrogen-bond donors (Lipinski definition) is 1. The lowest BCUT2D eigenvalue weighted by Crippen LogP contribution is -2.43. The summed E-state index contributed by atoms with van der Waals surface area (Å²) in [5.41, 5.74) is 0.353. The second-order valence-corrected chi connectivity index (χ2v) is 6.51. The summed E-state index contributed by atoms with van der Waals surface area (Å²) in [6.07, 6.45) is 0.361. The van der Waals surface area contributed by atoms with Gasteiger partial charge in [0.15, 0.2) is 0 Å². The normalized spacial score (nSPS) is 11.6. The third-order valence-electron chi connectivity index (χ3n) is 2.44. The van der Waals surface area contributed by atoms with Crippen molar-refractivity contribution in [3.8, 4) is 0 Å². The highest BCUT2D eigenvalue weighted by Crippen LogP contribution is 2.02. The summed E-state index contributed by atoms with van der Waals surface area (Å²) >= 11 is 0. The molecule has 0 amide bonds. The van der Waals surface area contributed by atoms with Crippen LogP contribution in [0.3, 0.4) is 0 Å². The first-order valence-corrected chi connectivity index (χ1v) is 7.24. The largest absolute Gasteiger partial charge is 0.456 e. The van der Waals surface area contributed by atoms with Crippen molar-refractivity contribution in [1.82, 2.24) is 0 Å². The summed E-state index contributed by atoms with van der Waals surface area (Å²) in [6, 6.07) is 0. The summed E-state index contributed by atoms with van der Waals surface area (Å²) < 4.78 is 35.2. The van der Waals surface area contributed by atoms with Crippen molar-refractivity contribution in [2.24, 2.45) is 0 Å². The van der Waals surface area contributed by atoms with E-state index < -0.39 is 16.1 Å². The molecule has 0 saturated heterocycles. The van der Waals surface area contributed by atoms with Crippen molar-refractivity contribution in [2.45, 2.75) is 13.3 Å². The van der Waals surface area contributed by atoms with Crippen molar-refractivity contribution in [2.75, 3.05) is 39.5 Å². The molecular weight excluding hydrogens is 274 g/mol. The molecule has 0 heterocycles. The number of hydrogen-bond acceptors (Lipinski definition) is 4. The van der Waals surface area contributed by atoms with Crippen LogP contribution in [0.25, 0.3) is 0 Å². The quantitative estimate of drug-likeness (QED) is 0.284. The van der Waals surface area contributed by atoms with E-state index in [1.54, 1.807) is 6.92 Å². The number of ether oxygens (including phenoxy) is 1. The van der Waals surface area contributed by atoms with Gasteiger partial charge in [-0.1, -0.05) is 6.58 Å². The first kappa shape index (κ1) is 20.4. The highest BCUT2D eigenvalue weighted by molar-refractivity contribution is 7.85. The van der Waals surface area contributed by atoms with Gasteiger partial charge in [0.25, 0.3) is 10.1 Å². The summed E-state index contributed by atoms with van der Waals surface area (Å²) in [7, 11) is -0.0959. The zero-order valence-corrected chi connectivity index (χ0v) is 12.5. The number of carbonyl (C=O) groups is 1. The molecule has 3 N–H and O–H groups in total. The van der Waals surface area contributed by atoms with Crippen molar-refractivity contribution < 1.29 is 32.5 Å². The summed E-state index contributed by atoms with van der Waals surface area (Å²) in [5.74, 6) is -0.673. The minimum absolute atomic E-state index is 0. The highest BCUT2D eigenvalue weighted by Gasteiger charge is 2.17. The molecule has 0 saturated carbocycles. The van der Waals surface area contributed by atoms with Crippen LogP contribution in [-0.2, 0) is 19.6 Å². The zero-order valence-electron chi connectivity index (χ0n) is 11.7. The van der Waals surface area contributed by atoms with E-state index in [1.807, 2.05) is 14.1 Å². The predicted octanol–water partition coefficient (Wildman–Crippen LogP) is -0.365. The fourth-order valence-corrected chi connectivity index (χ4v) is 1.79. The Morgan fingerprint density at radius 3 is 2.26 bits per heavy atom. The highest BCUT2D eigenvalue weighted by atomic mass is 32.2. The van der Waals surface area contributed by atoms with Crippen LogP contribution >= 0.6 is 0 Å². The topological polar surface area (TPSA) is 112 Å². The molecule has 19 heavy (non-hydrogen) atoms. The van der Waals surface area contributed by atoms with E-state index in [9.17, 15) is 13.2 Å². The minimum atomic E-state index is -3.90. The summed E-state index contributed by atoms with van der Waals surface area (Å²) in [4.78, 5) is 11.1. The molecule has 0 fully saturated rings. The standard InChI is InChI=1S/C11H21NO5S.H2O/c1-10(2)11(13)17-8-7-12(3,4)6-5-9-18(14,15)16;/h1,5-9H2,2-4H3;1H2/p+1. The number of esters is 1. The number of likely N-dealkylation sites (N-methyl/N-ethyl adjacent to an activating group) is 1. The molecule has 0 bridgehead atoms. The Morgan fingerprint density at radius 2 is 1.84 bits per heavy atom. The van der Waals surface area contributed by atoms with E-state index >= 15 is 0 Å². The molecule has 8 heteroatoms. The fourth-order valence-electron chi connectivity index (χ4n) is 1.30. The SMILES string of the molecule is C=C(C)C(=O)OCC[N+](C)(C)CCCS(=O)(=O)O.O. The van der Waals surface area contributed by atoms with Gasteiger partial charge < -0.3 is 14.7 Å². The Bertz CT molecular complexity index is 401. The van der Waals surface area contributed by atoms with Crippen LogP contribution in [0.4, 0.5) is 0 Å². The lowest BCUT2D eigenvalue weighted by Gasteiger charge is -2.29. The molecule has 0 aliphatic heterocycles. The number of rotatable bonds is 8. The molecule has 0 radical (unpaired) electrons. The second-order valence-electron chi connectivity index (χ2n) is 4.94. The molecule has 7 nitrogen and oxygen atoms in total. The molecular formula is C11H24NO6S+. The van der Waals surface area contributed by atoms with Gasteiger partial charge in [-0.3, -0.25) is 4.55 Å². The first-order valence-electron chi connectivity index (χ1n) is 5.63. The third kappa shape index (κ3) is 11.8. The molecule has 0 atom stereocenters. The smallest absolute Gasteiger partial charge is 0.333 e. The van der Waals surface area contributed by atoms with Gasteiger partial charge in [0.1, 0.15) is 13.2 Å². The van der Waals surface area contributed by atoms with E-state index in [4.69, 9.17) is 9.29 Å². The second kappa shape index (κ2) is 8.26. The van der Waals surface area contributed by atoms with Crippen LogP contribution in [-0.4, -0.2) is 68.4 Å². The Labute approximate surface area is 114 Å². The van der Waals surface area contributed by atoms with Crippen molar-refractivity contribution in [3.05, 3.63) is 12.2 Å². The third-order valence-corrected chi connectivity index (χ3v) is 3.25. The lowest BCUT2D eigenvalue weighted by atomic mass is 10.3. The molecule has 0 spiro atoms. The Morgan fingerprint density at radius 1 is 1.32 bits per heavy atom. The first-order chi connectivity index (χ1) is 8.03. The van der Waals surface area contributed by atoms with E-state index in [1.165, 1.54) is 0 Å². The minimum Gasteiger partial charge on any atom is -0.456 e. The van der Waals surface area contributed by atoms with Crippen LogP contribution in [0.1, 0.15) is 13.3 Å². The van der Waals surface area contributed by atoms with Gasteiger partial charge in [-0.05, 0) is 6.92 Å². The average Bonchev–Trinajstić information content (AvgIpc) is 2.14. The number of quaternary nitrogens is 1. The van der Waals surface area contributed by atoms with Gasteiger partial charge in [0.2, 0.25) is 0 Å². The maximum atomic E-state index is 11.1. The van der Waals surface area contributed by atoms with Crippen molar-refractivity contribution >= 4 is 16.1 Å². The Hall–Kier alpha value is -0.960. The van der Waals surface area contributed by atoms with E-state index in [2.05, 4.69) is 6.58 Å². The lowest BCUT2D eigenvalue weighted by molar-refractivity contribution is -0.890. The Balaban J connectivity index is 0. The molecule has 0 aromatic carbocycles. The van der Waals surface area contributed by atoms with Crippen molar-refractivity contribution in [3.63, 3.8) is 0 Å². The van der Waals surface area contributed by atoms with Gasteiger partial charge in [-0.15, -0.1) is 0 Å². The van der Waals surface area contributed by atoms with E-state index in [0.717, 1.165) is 0 Å². The molecule has 0 rings (SSSR count). The van der Waals surface area contributed by atoms with Crippen LogP contribution in [0.2, 0.25) is 0 Å². The van der Waals surface area contributed by atoms with Gasteiger partial charge in [0.05, 0.1) is 26.4 Å². The van der Waals surface area contributed by atoms with Gasteiger partial charge in [-0.2, -0.15) is 8.42 Å². The van der Waals surface area contributed by atoms with E-state index in [-0.39, 0.29) is 17.8 Å². The van der Waals surface area contributed by atoms with Crippen LogP contribution in [0.15, 0.2) is 12.2 Å². The molecule has 114 valence electrons. The molecule has 0 aliphatic rings. The van der Waals surface area contributed by atoms with Crippen LogP contribution < -0.4 is 0 Å². The van der Waals surface area contributed by atoms with Crippen molar-refractivity contribution in [1.29, 1.82) is 0 Å². The summed E-state index contributed by atoms with van der Waals surface area (Å²) in [5, 5.41) is 0. The molecule has 0 unspecified atom stereocenters. The fraction of sp³-hybridized carbons (Fsp3) is 0.727. The number of carbonyl (C=O) groups excluding carboxylic acids is 1. The van der Waals surface area contributed by atoms with Crippen LogP contribution in [0, 0.1) is 0 Å². The maximum Gasteiger partial charge on any atom is 0.333 e. The number of nitrogens with zero attached hydrogens (tertiary/aromatic N) is 1. The Kier molecular flexibility index (Phi) is 8.85. The van der Waals surface area contributed by atoms with E-state index in [0.29, 0.717) is 29.6 Å². The summed E-state index contributed by atoms with van der Waals surface area (Å²) in [6.45, 7) is 6.45. The van der Waals surface area contributed by atoms with Gasteiger partial charge in [-0.25, -0.2) is 4.79 Å². The zero-order chi connectivity index (χ0) is 14.4. The average molecular weight is 298 g/mol. The monoisotopic (exact) mass is 298 g/mol. The van der Waals surface area contributed by atoms with Gasteiger partial charge >= 0.3 is 5.97 Å².